The Balaban J connectivity index is 1.77. The van der Waals surface area contributed by atoms with Crippen molar-refractivity contribution in [1.29, 1.82) is 0 Å². The summed E-state index contributed by atoms with van der Waals surface area (Å²) in [6.07, 6.45) is 2.10. The van der Waals surface area contributed by atoms with Crippen LogP contribution in [-0.4, -0.2) is 44.3 Å². The summed E-state index contributed by atoms with van der Waals surface area (Å²) in [5, 5.41) is 13.2. The number of rotatable bonds is 5. The third kappa shape index (κ3) is 4.57. The van der Waals surface area contributed by atoms with Gasteiger partial charge in [0, 0.05) is 24.8 Å². The Bertz CT molecular complexity index is 1110. The molecule has 0 saturated carbocycles. The van der Waals surface area contributed by atoms with Gasteiger partial charge in [0.15, 0.2) is 0 Å². The number of benzene rings is 1. The molecule has 1 saturated heterocycles. The molecule has 164 valence electrons. The van der Waals surface area contributed by atoms with E-state index in [4.69, 9.17) is 5.11 Å². The molecule has 1 fully saturated rings. The van der Waals surface area contributed by atoms with E-state index in [1.807, 2.05) is 6.26 Å². The molecule has 1 N–H and O–H groups in total. The molecule has 1 aliphatic rings. The number of alkyl halides is 3. The topological polar surface area (TPSA) is 57.8 Å². The van der Waals surface area contributed by atoms with Crippen LogP contribution in [0, 0.1) is 0 Å². The molecule has 3 heterocycles. The highest BCUT2D eigenvalue weighted by Gasteiger charge is 2.34. The van der Waals surface area contributed by atoms with Crippen LogP contribution in [0.25, 0.3) is 16.6 Å². The fourth-order valence-corrected chi connectivity index (χ4v) is 4.75. The van der Waals surface area contributed by atoms with Crippen molar-refractivity contribution in [2.75, 3.05) is 19.3 Å². The van der Waals surface area contributed by atoms with E-state index in [2.05, 4.69) is 9.40 Å². The zero-order chi connectivity index (χ0) is 22.2. The highest BCUT2D eigenvalue weighted by atomic mass is 32.2. The van der Waals surface area contributed by atoms with Crippen LogP contribution < -0.4 is 0 Å². The van der Waals surface area contributed by atoms with Crippen LogP contribution in [0.15, 0.2) is 42.7 Å². The maximum atomic E-state index is 13.8. The highest BCUT2D eigenvalue weighted by molar-refractivity contribution is 7.96. The van der Waals surface area contributed by atoms with E-state index in [0.29, 0.717) is 16.6 Å². The second-order valence-electron chi connectivity index (χ2n) is 7.67. The predicted molar refractivity (Wildman–Crippen MR) is 114 cm³/mol. The Morgan fingerprint density at radius 3 is 2.61 bits per heavy atom. The molecular formula is C22H22F3N3O2S. The average molecular weight is 449 g/mol. The Morgan fingerprint density at radius 2 is 1.97 bits per heavy atom. The van der Waals surface area contributed by atoms with Gasteiger partial charge in [-0.3, -0.25) is 9.10 Å². The lowest BCUT2D eigenvalue weighted by atomic mass is 9.86. The van der Waals surface area contributed by atoms with Crippen molar-refractivity contribution >= 4 is 23.4 Å². The van der Waals surface area contributed by atoms with Crippen LogP contribution in [-0.2, 0) is 17.4 Å². The summed E-state index contributed by atoms with van der Waals surface area (Å²) < 4.78 is 45.2. The van der Waals surface area contributed by atoms with Gasteiger partial charge in [0.05, 0.1) is 23.7 Å². The molecule has 1 aliphatic heterocycles. The molecule has 0 aliphatic carbocycles. The van der Waals surface area contributed by atoms with Gasteiger partial charge in [0.25, 0.3) is 0 Å². The molecule has 4 rings (SSSR count). The second kappa shape index (κ2) is 8.55. The summed E-state index contributed by atoms with van der Waals surface area (Å²) >= 11 is 1.69. The number of fused-ring (bicyclic) bond motifs is 1. The summed E-state index contributed by atoms with van der Waals surface area (Å²) in [6, 6.07) is 7.61. The lowest BCUT2D eigenvalue weighted by Gasteiger charge is -2.30. The molecule has 9 heteroatoms. The van der Waals surface area contributed by atoms with E-state index in [1.165, 1.54) is 16.8 Å². The summed E-state index contributed by atoms with van der Waals surface area (Å²) in [4.78, 5) is 11.1. The normalized spacial score (nSPS) is 16.1. The van der Waals surface area contributed by atoms with Crippen molar-refractivity contribution in [3.63, 3.8) is 0 Å². The fraction of sp³-hybridized carbons (Fsp3) is 0.364. The molecule has 0 spiro atoms. The van der Waals surface area contributed by atoms with Crippen molar-refractivity contribution < 1.29 is 23.1 Å². The number of nitrogens with zero attached hydrogens (tertiary/aromatic N) is 3. The van der Waals surface area contributed by atoms with Gasteiger partial charge in [-0.25, -0.2) is 4.52 Å². The zero-order valence-electron chi connectivity index (χ0n) is 16.9. The first-order chi connectivity index (χ1) is 14.8. The van der Waals surface area contributed by atoms with Gasteiger partial charge >= 0.3 is 12.1 Å². The number of carboxylic acid groups (broad SMARTS) is 1. The zero-order valence-corrected chi connectivity index (χ0v) is 17.7. The fourth-order valence-electron chi connectivity index (χ4n) is 4.17. The van der Waals surface area contributed by atoms with E-state index in [9.17, 15) is 18.0 Å². The van der Waals surface area contributed by atoms with Crippen molar-refractivity contribution in [2.24, 2.45) is 0 Å². The number of pyridine rings is 1. The van der Waals surface area contributed by atoms with Crippen LogP contribution in [0.4, 0.5) is 13.2 Å². The Hall–Kier alpha value is -2.52. The maximum absolute atomic E-state index is 13.8. The Labute approximate surface area is 182 Å². The summed E-state index contributed by atoms with van der Waals surface area (Å²) in [7, 11) is 0. The van der Waals surface area contributed by atoms with Gasteiger partial charge in [0.2, 0.25) is 0 Å². The number of piperidine rings is 1. The third-order valence-electron chi connectivity index (χ3n) is 5.79. The SMILES string of the molecule is CSN1CCC(c2ccc(C(F)(F)F)c(-c3ccn4ncc(CC(=O)O)c4c3)c2)CC1. The number of aliphatic carboxylic acids is 1. The molecule has 1 aromatic carbocycles. The molecule has 0 bridgehead atoms. The predicted octanol–water partition coefficient (Wildman–Crippen LogP) is 5.10. The Kier molecular flexibility index (Phi) is 5.98. The highest BCUT2D eigenvalue weighted by Crippen LogP contribution is 2.40. The van der Waals surface area contributed by atoms with Gasteiger partial charge in [-0.05, 0) is 59.9 Å². The standard InChI is InChI=1S/C22H22F3N3O2S/c1-31-27-7-4-14(5-8-27)15-2-3-19(22(23,24)25)18(10-15)16-6-9-28-20(11-16)17(13-26-28)12-21(29)30/h2-3,6,9-11,13-14H,4-5,7-8,12H2,1H3,(H,29,30). The van der Waals surface area contributed by atoms with Gasteiger partial charge in [-0.15, -0.1) is 0 Å². The summed E-state index contributed by atoms with van der Waals surface area (Å²) in [6.45, 7) is 1.81. The molecule has 2 aromatic heterocycles. The number of carbonyl (C=O) groups is 1. The third-order valence-corrected chi connectivity index (χ3v) is 6.67. The van der Waals surface area contributed by atoms with Gasteiger partial charge in [0.1, 0.15) is 0 Å². The molecule has 5 nitrogen and oxygen atoms in total. The van der Waals surface area contributed by atoms with Gasteiger partial charge in [-0.1, -0.05) is 24.1 Å². The van der Waals surface area contributed by atoms with Crippen molar-refractivity contribution in [3.05, 3.63) is 59.4 Å². The van der Waals surface area contributed by atoms with Crippen molar-refractivity contribution in [1.82, 2.24) is 13.9 Å². The minimum absolute atomic E-state index is 0.113. The van der Waals surface area contributed by atoms with E-state index >= 15 is 0 Å². The smallest absolute Gasteiger partial charge is 0.417 e. The van der Waals surface area contributed by atoms with Crippen LogP contribution >= 0.6 is 11.9 Å². The van der Waals surface area contributed by atoms with Crippen LogP contribution in [0.1, 0.15) is 35.4 Å². The van der Waals surface area contributed by atoms with Crippen molar-refractivity contribution in [3.8, 4) is 11.1 Å². The number of carboxylic acids is 1. The van der Waals surface area contributed by atoms with Gasteiger partial charge in [-0.2, -0.15) is 18.3 Å². The molecule has 31 heavy (non-hydrogen) atoms. The average Bonchev–Trinajstić information content (AvgIpc) is 3.14. The lowest BCUT2D eigenvalue weighted by Crippen LogP contribution is -2.27. The maximum Gasteiger partial charge on any atom is 0.417 e. The monoisotopic (exact) mass is 449 g/mol. The largest absolute Gasteiger partial charge is 0.481 e. The number of halogens is 3. The van der Waals surface area contributed by atoms with Crippen LogP contribution in [0.2, 0.25) is 0 Å². The lowest BCUT2D eigenvalue weighted by molar-refractivity contribution is -0.137. The number of hydrogen-bond acceptors (Lipinski definition) is 4. The molecule has 0 amide bonds. The quantitative estimate of drug-likeness (QED) is 0.549. The minimum atomic E-state index is -4.49. The molecule has 0 atom stereocenters. The first kappa shape index (κ1) is 21.7. The summed E-state index contributed by atoms with van der Waals surface area (Å²) in [5.41, 5.74) is 1.68. The first-order valence-electron chi connectivity index (χ1n) is 9.95. The first-order valence-corrected chi connectivity index (χ1v) is 11.1. The van der Waals surface area contributed by atoms with Gasteiger partial charge < -0.3 is 5.11 Å². The minimum Gasteiger partial charge on any atom is -0.481 e. The van der Waals surface area contributed by atoms with Crippen LogP contribution in [0.3, 0.4) is 0 Å². The Morgan fingerprint density at radius 1 is 1.23 bits per heavy atom. The second-order valence-corrected chi connectivity index (χ2v) is 8.56. The summed E-state index contributed by atoms with van der Waals surface area (Å²) in [5.74, 6) is -0.805. The number of aromatic nitrogens is 2. The molecule has 0 unspecified atom stereocenters. The van der Waals surface area contributed by atoms with Crippen LogP contribution in [0.5, 0.6) is 0 Å². The molecule has 3 aromatic rings. The van der Waals surface area contributed by atoms with E-state index < -0.39 is 17.7 Å². The van der Waals surface area contributed by atoms with E-state index in [0.717, 1.165) is 31.5 Å². The molecule has 0 radical (unpaired) electrons. The van der Waals surface area contributed by atoms with Crippen molar-refractivity contribution in [2.45, 2.75) is 31.4 Å². The molecular weight excluding hydrogens is 427 g/mol. The van der Waals surface area contributed by atoms with E-state index in [-0.39, 0.29) is 17.9 Å². The van der Waals surface area contributed by atoms with E-state index in [1.54, 1.807) is 42.4 Å². The number of hydrogen-bond donors (Lipinski definition) is 1.